The van der Waals surface area contributed by atoms with Crippen LogP contribution in [0.1, 0.15) is 36.6 Å². The molecule has 0 unspecified atom stereocenters. The maximum Gasteiger partial charge on any atom is 0.0650 e. The molecule has 0 radical (unpaired) electrons. The third-order valence-corrected chi connectivity index (χ3v) is 5.48. The Morgan fingerprint density at radius 2 is 1.77 bits per heavy atom. The fraction of sp³-hybridized carbons (Fsp3) is 0.292. The number of rotatable bonds is 3. The SMILES string of the molecule is Cc1cnc(C=Cc2cccc3ccccc23)cc1N1CCC(C)CC1. The fourth-order valence-electron chi connectivity index (χ4n) is 3.78. The summed E-state index contributed by atoms with van der Waals surface area (Å²) in [6.07, 6.45) is 8.89. The quantitative estimate of drug-likeness (QED) is 0.584. The van der Waals surface area contributed by atoms with E-state index in [1.165, 1.54) is 40.4 Å². The van der Waals surface area contributed by atoms with Gasteiger partial charge in [-0.3, -0.25) is 4.98 Å². The number of benzene rings is 2. The summed E-state index contributed by atoms with van der Waals surface area (Å²) in [4.78, 5) is 7.15. The molecule has 132 valence electrons. The number of nitrogens with zero attached hydrogens (tertiary/aromatic N) is 2. The van der Waals surface area contributed by atoms with Crippen LogP contribution in [0.3, 0.4) is 0 Å². The molecule has 0 aliphatic carbocycles. The average Bonchev–Trinajstić information content (AvgIpc) is 2.68. The molecular formula is C24H26N2. The second-order valence-electron chi connectivity index (χ2n) is 7.47. The molecule has 1 aromatic heterocycles. The minimum atomic E-state index is 0.846. The predicted molar refractivity (Wildman–Crippen MR) is 112 cm³/mol. The maximum atomic E-state index is 4.63. The Hall–Kier alpha value is -2.61. The predicted octanol–water partition coefficient (Wildman–Crippen LogP) is 5.95. The first-order valence-electron chi connectivity index (χ1n) is 9.58. The second kappa shape index (κ2) is 7.33. The van der Waals surface area contributed by atoms with Crippen LogP contribution in [0.5, 0.6) is 0 Å². The molecule has 2 nitrogen and oxygen atoms in total. The number of hydrogen-bond acceptors (Lipinski definition) is 2. The standard InChI is InChI=1S/C24H26N2/c1-18-12-14-26(15-13-18)24-16-22(25-17-19(24)2)11-10-21-8-5-7-20-6-3-4-9-23(20)21/h3-11,16-18H,12-15H2,1-2H3. The molecular weight excluding hydrogens is 316 g/mol. The Labute approximate surface area is 156 Å². The largest absolute Gasteiger partial charge is 0.371 e. The van der Waals surface area contributed by atoms with Crippen molar-refractivity contribution < 1.29 is 0 Å². The average molecular weight is 342 g/mol. The number of aryl methyl sites for hydroxylation is 1. The van der Waals surface area contributed by atoms with Crippen LogP contribution in [0.4, 0.5) is 5.69 Å². The second-order valence-corrected chi connectivity index (χ2v) is 7.47. The Bertz CT molecular complexity index is 929. The first kappa shape index (κ1) is 16.8. The highest BCUT2D eigenvalue weighted by Crippen LogP contribution is 2.27. The van der Waals surface area contributed by atoms with Crippen molar-refractivity contribution in [3.63, 3.8) is 0 Å². The van der Waals surface area contributed by atoms with E-state index in [0.717, 1.165) is 24.7 Å². The van der Waals surface area contributed by atoms with E-state index in [4.69, 9.17) is 0 Å². The van der Waals surface area contributed by atoms with E-state index in [1.807, 2.05) is 6.20 Å². The minimum absolute atomic E-state index is 0.846. The number of hydrogen-bond donors (Lipinski definition) is 0. The summed E-state index contributed by atoms with van der Waals surface area (Å²) in [7, 11) is 0. The molecule has 0 bridgehead atoms. The molecule has 2 heterocycles. The van der Waals surface area contributed by atoms with E-state index < -0.39 is 0 Å². The first-order valence-corrected chi connectivity index (χ1v) is 9.58. The third kappa shape index (κ3) is 3.50. The van der Waals surface area contributed by atoms with Crippen molar-refractivity contribution in [3.05, 3.63) is 71.5 Å². The van der Waals surface area contributed by atoms with E-state index in [1.54, 1.807) is 0 Å². The lowest BCUT2D eigenvalue weighted by molar-refractivity contribution is 0.438. The monoisotopic (exact) mass is 342 g/mol. The number of aromatic nitrogens is 1. The lowest BCUT2D eigenvalue weighted by Crippen LogP contribution is -2.33. The topological polar surface area (TPSA) is 16.1 Å². The molecule has 26 heavy (non-hydrogen) atoms. The van der Waals surface area contributed by atoms with Gasteiger partial charge in [-0.2, -0.15) is 0 Å². The molecule has 4 rings (SSSR count). The van der Waals surface area contributed by atoms with Gasteiger partial charge in [0.1, 0.15) is 0 Å². The summed E-state index contributed by atoms with van der Waals surface area (Å²) in [5.74, 6) is 0.846. The van der Waals surface area contributed by atoms with Crippen LogP contribution in [0.25, 0.3) is 22.9 Å². The number of pyridine rings is 1. The van der Waals surface area contributed by atoms with E-state index in [-0.39, 0.29) is 0 Å². The smallest absolute Gasteiger partial charge is 0.0650 e. The van der Waals surface area contributed by atoms with Crippen molar-refractivity contribution in [1.29, 1.82) is 0 Å². The lowest BCUT2D eigenvalue weighted by atomic mass is 9.98. The van der Waals surface area contributed by atoms with Gasteiger partial charge in [-0.25, -0.2) is 0 Å². The highest BCUT2D eigenvalue weighted by Gasteiger charge is 2.17. The van der Waals surface area contributed by atoms with Crippen molar-refractivity contribution in [3.8, 4) is 0 Å². The Balaban J connectivity index is 1.62. The molecule has 0 N–H and O–H groups in total. The summed E-state index contributed by atoms with van der Waals surface area (Å²) in [5.41, 5.74) is 4.86. The van der Waals surface area contributed by atoms with Crippen LogP contribution in [0.2, 0.25) is 0 Å². The highest BCUT2D eigenvalue weighted by molar-refractivity contribution is 5.92. The maximum absolute atomic E-state index is 4.63. The Kier molecular flexibility index (Phi) is 4.75. The summed E-state index contributed by atoms with van der Waals surface area (Å²) < 4.78 is 0. The molecule has 2 aromatic carbocycles. The van der Waals surface area contributed by atoms with Crippen molar-refractivity contribution in [2.24, 2.45) is 5.92 Å². The van der Waals surface area contributed by atoms with E-state index in [9.17, 15) is 0 Å². The van der Waals surface area contributed by atoms with Crippen LogP contribution in [0, 0.1) is 12.8 Å². The zero-order valence-electron chi connectivity index (χ0n) is 15.7. The molecule has 0 spiro atoms. The van der Waals surface area contributed by atoms with Crippen LogP contribution < -0.4 is 4.90 Å². The van der Waals surface area contributed by atoms with Crippen molar-refractivity contribution in [2.45, 2.75) is 26.7 Å². The Morgan fingerprint density at radius 3 is 2.62 bits per heavy atom. The van der Waals surface area contributed by atoms with Crippen molar-refractivity contribution in [1.82, 2.24) is 4.98 Å². The number of anilines is 1. The van der Waals surface area contributed by atoms with Crippen LogP contribution in [0.15, 0.2) is 54.7 Å². The normalized spacial score (nSPS) is 15.8. The molecule has 0 amide bonds. The molecule has 1 aliphatic rings. The van der Waals surface area contributed by atoms with Gasteiger partial charge in [-0.1, -0.05) is 55.5 Å². The number of fused-ring (bicyclic) bond motifs is 1. The lowest BCUT2D eigenvalue weighted by Gasteiger charge is -2.33. The summed E-state index contributed by atoms with van der Waals surface area (Å²) >= 11 is 0. The first-order chi connectivity index (χ1) is 12.7. The summed E-state index contributed by atoms with van der Waals surface area (Å²) in [5, 5.41) is 2.55. The van der Waals surface area contributed by atoms with Crippen molar-refractivity contribution >= 4 is 28.6 Å². The summed E-state index contributed by atoms with van der Waals surface area (Å²) in [6, 6.07) is 17.2. The molecule has 1 fully saturated rings. The summed E-state index contributed by atoms with van der Waals surface area (Å²) in [6.45, 7) is 6.82. The zero-order valence-corrected chi connectivity index (χ0v) is 15.7. The van der Waals surface area contributed by atoms with E-state index in [0.29, 0.717) is 0 Å². The minimum Gasteiger partial charge on any atom is -0.371 e. The van der Waals surface area contributed by atoms with Crippen LogP contribution >= 0.6 is 0 Å². The van der Waals surface area contributed by atoms with Crippen LogP contribution in [-0.4, -0.2) is 18.1 Å². The van der Waals surface area contributed by atoms with Gasteiger partial charge in [0.2, 0.25) is 0 Å². The van der Waals surface area contributed by atoms with Crippen molar-refractivity contribution in [2.75, 3.05) is 18.0 Å². The van der Waals surface area contributed by atoms with Gasteiger partial charge >= 0.3 is 0 Å². The van der Waals surface area contributed by atoms with E-state index >= 15 is 0 Å². The molecule has 0 atom stereocenters. The molecule has 2 heteroatoms. The molecule has 0 saturated carbocycles. The van der Waals surface area contributed by atoms with Gasteiger partial charge in [-0.15, -0.1) is 0 Å². The van der Waals surface area contributed by atoms with Crippen LogP contribution in [-0.2, 0) is 0 Å². The van der Waals surface area contributed by atoms with Gasteiger partial charge in [0.25, 0.3) is 0 Å². The Morgan fingerprint density at radius 1 is 1.00 bits per heavy atom. The van der Waals surface area contributed by atoms with Gasteiger partial charge in [0.15, 0.2) is 0 Å². The van der Waals surface area contributed by atoms with E-state index in [2.05, 4.69) is 84.4 Å². The zero-order chi connectivity index (χ0) is 17.9. The molecule has 1 saturated heterocycles. The number of piperidine rings is 1. The fourth-order valence-corrected chi connectivity index (χ4v) is 3.78. The van der Waals surface area contributed by atoms with Gasteiger partial charge in [-0.05, 0) is 59.7 Å². The van der Waals surface area contributed by atoms with Gasteiger partial charge in [0, 0.05) is 25.0 Å². The molecule has 1 aliphatic heterocycles. The molecule has 3 aromatic rings. The third-order valence-electron chi connectivity index (χ3n) is 5.48. The van der Waals surface area contributed by atoms with Gasteiger partial charge < -0.3 is 4.90 Å². The van der Waals surface area contributed by atoms with Gasteiger partial charge in [0.05, 0.1) is 5.69 Å². The highest BCUT2D eigenvalue weighted by atomic mass is 15.1.